The Morgan fingerprint density at radius 2 is 2.00 bits per heavy atom. The van der Waals surface area contributed by atoms with Crippen molar-refractivity contribution in [3.05, 3.63) is 70.2 Å². The molecule has 0 radical (unpaired) electrons. The van der Waals surface area contributed by atoms with E-state index in [1.54, 1.807) is 6.07 Å². The number of nitrogens with zero attached hydrogens (tertiary/aromatic N) is 2. The standard InChI is InChI=1S/C22H21ClF2N2O/c23-17-4-1-3-14(9-17)12-26-13-16-11-20(15-5-6-18(24)19(25)10-15)27-8-2-7-22(16,27)21(26)28/h1,3-6,9-10,16,20H,2,7-8,11-13H2/t16-,20-,22-/m0/s1. The molecular formula is C22H21ClF2N2O. The highest BCUT2D eigenvalue weighted by Gasteiger charge is 2.65. The zero-order chi connectivity index (χ0) is 19.5. The average molecular weight is 403 g/mol. The molecular weight excluding hydrogens is 382 g/mol. The zero-order valence-corrected chi connectivity index (χ0v) is 16.1. The Hall–Kier alpha value is -1.98. The van der Waals surface area contributed by atoms with Crippen LogP contribution in [-0.4, -0.2) is 34.3 Å². The van der Waals surface area contributed by atoms with Crippen LogP contribution in [0.3, 0.4) is 0 Å². The van der Waals surface area contributed by atoms with E-state index in [1.165, 1.54) is 12.1 Å². The average Bonchev–Trinajstić information content (AvgIpc) is 3.29. The van der Waals surface area contributed by atoms with Crippen LogP contribution in [0.15, 0.2) is 42.5 Å². The van der Waals surface area contributed by atoms with Crippen LogP contribution in [0.2, 0.25) is 5.02 Å². The van der Waals surface area contributed by atoms with Crippen molar-refractivity contribution in [2.75, 3.05) is 13.1 Å². The van der Waals surface area contributed by atoms with Crippen LogP contribution in [-0.2, 0) is 11.3 Å². The number of rotatable bonds is 3. The third-order valence-corrected chi connectivity index (χ3v) is 6.95. The molecule has 0 N–H and O–H groups in total. The highest BCUT2D eigenvalue weighted by atomic mass is 35.5. The number of likely N-dealkylation sites (tertiary alicyclic amines) is 1. The molecule has 3 nitrogen and oxygen atoms in total. The number of amides is 1. The van der Waals surface area contributed by atoms with Gasteiger partial charge in [-0.3, -0.25) is 9.69 Å². The molecule has 3 aliphatic rings. The van der Waals surface area contributed by atoms with Gasteiger partial charge in [-0.25, -0.2) is 8.78 Å². The summed E-state index contributed by atoms with van der Waals surface area (Å²) in [5.41, 5.74) is 1.30. The molecule has 0 saturated carbocycles. The van der Waals surface area contributed by atoms with Gasteiger partial charge in [0.1, 0.15) is 5.54 Å². The molecule has 28 heavy (non-hydrogen) atoms. The summed E-state index contributed by atoms with van der Waals surface area (Å²) in [7, 11) is 0. The number of carbonyl (C=O) groups excluding carboxylic acids is 1. The van der Waals surface area contributed by atoms with Gasteiger partial charge in [-0.15, -0.1) is 0 Å². The molecule has 1 amide bonds. The smallest absolute Gasteiger partial charge is 0.243 e. The van der Waals surface area contributed by atoms with Crippen molar-refractivity contribution in [3.8, 4) is 0 Å². The molecule has 1 spiro atoms. The van der Waals surface area contributed by atoms with E-state index in [9.17, 15) is 13.6 Å². The highest BCUT2D eigenvalue weighted by Crippen LogP contribution is 2.56. The summed E-state index contributed by atoms with van der Waals surface area (Å²) in [4.78, 5) is 17.7. The lowest BCUT2D eigenvalue weighted by molar-refractivity contribution is -0.137. The molecule has 0 unspecified atom stereocenters. The van der Waals surface area contributed by atoms with Gasteiger partial charge in [-0.05, 0) is 61.2 Å². The molecule has 146 valence electrons. The molecule has 5 rings (SSSR count). The zero-order valence-electron chi connectivity index (χ0n) is 15.4. The lowest BCUT2D eigenvalue weighted by atomic mass is 9.85. The molecule has 3 aliphatic heterocycles. The fourth-order valence-electron chi connectivity index (χ4n) is 5.61. The van der Waals surface area contributed by atoms with Crippen LogP contribution < -0.4 is 0 Å². The fraction of sp³-hybridized carbons (Fsp3) is 0.409. The maximum Gasteiger partial charge on any atom is 0.243 e. The summed E-state index contributed by atoms with van der Waals surface area (Å²) in [5.74, 6) is -1.28. The second-order valence-electron chi connectivity index (χ2n) is 8.16. The molecule has 0 aliphatic carbocycles. The van der Waals surface area contributed by atoms with Gasteiger partial charge >= 0.3 is 0 Å². The summed E-state index contributed by atoms with van der Waals surface area (Å²) in [5, 5.41) is 0.670. The van der Waals surface area contributed by atoms with Crippen molar-refractivity contribution in [3.63, 3.8) is 0 Å². The van der Waals surface area contributed by atoms with Crippen LogP contribution >= 0.6 is 11.6 Å². The Morgan fingerprint density at radius 1 is 1.14 bits per heavy atom. The number of carbonyl (C=O) groups is 1. The van der Waals surface area contributed by atoms with Gasteiger partial charge in [0.15, 0.2) is 11.6 Å². The Bertz CT molecular complexity index is 952. The molecule has 3 atom stereocenters. The van der Waals surface area contributed by atoms with Crippen molar-refractivity contribution in [2.24, 2.45) is 5.92 Å². The van der Waals surface area contributed by atoms with E-state index in [0.717, 1.165) is 36.9 Å². The summed E-state index contributed by atoms with van der Waals surface area (Å²) in [6, 6.07) is 11.7. The second-order valence-corrected chi connectivity index (χ2v) is 8.60. The van der Waals surface area contributed by atoms with Crippen LogP contribution in [0, 0.1) is 17.6 Å². The fourth-order valence-corrected chi connectivity index (χ4v) is 5.82. The van der Waals surface area contributed by atoms with Crippen molar-refractivity contribution < 1.29 is 13.6 Å². The lowest BCUT2D eigenvalue weighted by Gasteiger charge is -2.33. The first-order chi connectivity index (χ1) is 13.5. The van der Waals surface area contributed by atoms with Gasteiger partial charge in [0.2, 0.25) is 5.91 Å². The minimum absolute atomic E-state index is 0.0279. The Morgan fingerprint density at radius 3 is 2.79 bits per heavy atom. The van der Waals surface area contributed by atoms with E-state index in [2.05, 4.69) is 4.90 Å². The van der Waals surface area contributed by atoms with Crippen molar-refractivity contribution in [1.82, 2.24) is 9.80 Å². The van der Waals surface area contributed by atoms with Crippen molar-refractivity contribution in [1.29, 1.82) is 0 Å². The monoisotopic (exact) mass is 402 g/mol. The Kier molecular flexibility index (Phi) is 4.21. The summed E-state index contributed by atoms with van der Waals surface area (Å²) in [6.07, 6.45) is 2.58. The molecule has 2 aromatic rings. The van der Waals surface area contributed by atoms with E-state index in [-0.39, 0.29) is 17.9 Å². The third-order valence-electron chi connectivity index (χ3n) is 6.72. The third kappa shape index (κ3) is 2.60. The van der Waals surface area contributed by atoms with E-state index < -0.39 is 17.2 Å². The number of halogens is 3. The first-order valence-electron chi connectivity index (χ1n) is 9.74. The summed E-state index contributed by atoms with van der Waals surface area (Å²) >= 11 is 6.09. The minimum Gasteiger partial charge on any atom is -0.336 e. The summed E-state index contributed by atoms with van der Waals surface area (Å²) < 4.78 is 27.2. The lowest BCUT2D eigenvalue weighted by Crippen LogP contribution is -2.49. The number of benzene rings is 2. The first-order valence-corrected chi connectivity index (χ1v) is 10.1. The Labute approximate surface area is 167 Å². The van der Waals surface area contributed by atoms with Crippen LogP contribution in [0.4, 0.5) is 8.78 Å². The molecule has 3 fully saturated rings. The second kappa shape index (κ2) is 6.53. The van der Waals surface area contributed by atoms with E-state index >= 15 is 0 Å². The molecule has 6 heteroatoms. The molecule has 3 heterocycles. The van der Waals surface area contributed by atoms with Gasteiger partial charge in [0.05, 0.1) is 0 Å². The van der Waals surface area contributed by atoms with Gasteiger partial charge in [0.25, 0.3) is 0 Å². The predicted octanol–water partition coefficient (Wildman–Crippen LogP) is 4.56. The molecule has 0 bridgehead atoms. The van der Waals surface area contributed by atoms with Gasteiger partial charge in [-0.2, -0.15) is 0 Å². The maximum absolute atomic E-state index is 13.8. The normalized spacial score (nSPS) is 29.4. The van der Waals surface area contributed by atoms with E-state index in [0.29, 0.717) is 18.1 Å². The van der Waals surface area contributed by atoms with Crippen LogP contribution in [0.1, 0.15) is 36.4 Å². The summed E-state index contributed by atoms with van der Waals surface area (Å²) in [6.45, 7) is 2.07. The van der Waals surface area contributed by atoms with Crippen molar-refractivity contribution in [2.45, 2.75) is 37.4 Å². The van der Waals surface area contributed by atoms with Gasteiger partial charge in [-0.1, -0.05) is 29.8 Å². The minimum atomic E-state index is -0.832. The number of hydrogen-bond donors (Lipinski definition) is 0. The van der Waals surface area contributed by atoms with E-state index in [4.69, 9.17) is 11.6 Å². The largest absolute Gasteiger partial charge is 0.336 e. The first kappa shape index (κ1) is 18.1. The highest BCUT2D eigenvalue weighted by molar-refractivity contribution is 6.30. The Balaban J connectivity index is 1.43. The quantitative estimate of drug-likeness (QED) is 0.751. The molecule has 0 aromatic heterocycles. The predicted molar refractivity (Wildman–Crippen MR) is 103 cm³/mol. The maximum atomic E-state index is 13.8. The number of hydrogen-bond acceptors (Lipinski definition) is 2. The topological polar surface area (TPSA) is 23.6 Å². The molecule has 3 saturated heterocycles. The van der Waals surface area contributed by atoms with Gasteiger partial charge < -0.3 is 4.90 Å². The van der Waals surface area contributed by atoms with Crippen LogP contribution in [0.25, 0.3) is 0 Å². The van der Waals surface area contributed by atoms with Crippen molar-refractivity contribution >= 4 is 17.5 Å². The van der Waals surface area contributed by atoms with Crippen LogP contribution in [0.5, 0.6) is 0 Å². The van der Waals surface area contributed by atoms with Gasteiger partial charge in [0, 0.05) is 30.1 Å². The molecule has 2 aromatic carbocycles. The van der Waals surface area contributed by atoms with E-state index in [1.807, 2.05) is 29.2 Å². The SMILES string of the molecule is O=C1N(Cc2cccc(Cl)c2)C[C@@H]2C[C@@H](c3ccc(F)c(F)c3)N3CCC[C@@]123.